The Morgan fingerprint density at radius 3 is 2.52 bits per heavy atom. The lowest BCUT2D eigenvalue weighted by Gasteiger charge is -2.34. The highest BCUT2D eigenvalue weighted by atomic mass is 19.1. The third-order valence-electron chi connectivity index (χ3n) is 4.94. The highest BCUT2D eigenvalue weighted by Gasteiger charge is 2.42. The lowest BCUT2D eigenvalue weighted by molar-refractivity contribution is 0.0595. The van der Waals surface area contributed by atoms with Gasteiger partial charge in [0.15, 0.2) is 5.78 Å². The van der Waals surface area contributed by atoms with Gasteiger partial charge in [-0.15, -0.1) is 0 Å². The Morgan fingerprint density at radius 2 is 1.90 bits per heavy atom. The molecule has 0 fully saturated rings. The summed E-state index contributed by atoms with van der Waals surface area (Å²) in [6, 6.07) is 7.06. The van der Waals surface area contributed by atoms with Crippen LogP contribution in [0.5, 0.6) is 0 Å². The number of Topliss-reactive ketones (excluding diaryl/α,β-unsaturated/α-hetero) is 1. The maximum Gasteiger partial charge on any atom is 0.338 e. The molecule has 0 radical (unpaired) electrons. The molecule has 1 N–H and O–H groups in total. The van der Waals surface area contributed by atoms with Crippen LogP contribution in [-0.2, 0) is 11.8 Å². The van der Waals surface area contributed by atoms with Crippen molar-refractivity contribution in [3.05, 3.63) is 76.9 Å². The number of carbonyl (C=O) groups excluding carboxylic acids is 2. The topological polar surface area (TPSA) is 86.1 Å². The molecule has 0 amide bonds. The Hall–Kier alpha value is -3.62. The molecule has 29 heavy (non-hydrogen) atoms. The molecule has 2 aromatic carbocycles. The van der Waals surface area contributed by atoms with Crippen molar-refractivity contribution >= 4 is 17.4 Å². The predicted octanol–water partition coefficient (Wildman–Crippen LogP) is 3.01. The van der Waals surface area contributed by atoms with Gasteiger partial charge in [0.05, 0.1) is 24.3 Å². The first-order chi connectivity index (χ1) is 13.9. The molecule has 9 heteroatoms. The summed E-state index contributed by atoms with van der Waals surface area (Å²) in [7, 11) is 2.79. The van der Waals surface area contributed by atoms with E-state index in [1.54, 1.807) is 7.05 Å². The van der Waals surface area contributed by atoms with Crippen molar-refractivity contribution in [3.8, 4) is 0 Å². The number of aromatic nitrogens is 3. The zero-order valence-corrected chi connectivity index (χ0v) is 15.5. The zero-order chi connectivity index (χ0) is 20.7. The number of nitrogens with one attached hydrogen (secondary N) is 1. The lowest BCUT2D eigenvalue weighted by Crippen LogP contribution is -2.35. The van der Waals surface area contributed by atoms with Crippen LogP contribution in [-0.4, -0.2) is 33.6 Å². The van der Waals surface area contributed by atoms with E-state index in [1.807, 2.05) is 0 Å². The van der Waals surface area contributed by atoms with Crippen LogP contribution in [0.4, 0.5) is 14.5 Å². The molecule has 0 spiro atoms. The number of methoxy groups -OCH3 is 1. The number of nitrogens with zero attached hydrogens (tertiary/aromatic N) is 3. The van der Waals surface area contributed by atoms with Crippen LogP contribution in [0.3, 0.4) is 0 Å². The van der Waals surface area contributed by atoms with Crippen molar-refractivity contribution in [3.63, 3.8) is 0 Å². The smallest absolute Gasteiger partial charge is 0.338 e. The Kier molecular flexibility index (Phi) is 4.57. The lowest BCUT2D eigenvalue weighted by atomic mass is 9.80. The number of fused-ring (bicyclic) bond motifs is 1. The average Bonchev–Trinajstić information content (AvgIpc) is 3.12. The molecule has 1 aliphatic rings. The third kappa shape index (κ3) is 3.14. The number of hydrogen-bond acceptors (Lipinski definition) is 6. The number of ketones is 1. The summed E-state index contributed by atoms with van der Waals surface area (Å²) in [4.78, 5) is 29.9. The molecule has 0 aliphatic carbocycles. The number of hydrogen-bond donors (Lipinski definition) is 1. The van der Waals surface area contributed by atoms with Crippen molar-refractivity contribution in [1.82, 2.24) is 14.8 Å². The molecule has 3 aromatic rings. The van der Waals surface area contributed by atoms with Crippen molar-refractivity contribution in [2.45, 2.75) is 12.0 Å². The van der Waals surface area contributed by atoms with Gasteiger partial charge in [-0.1, -0.05) is 12.1 Å². The molecule has 4 rings (SSSR count). The van der Waals surface area contributed by atoms with Gasteiger partial charge in [-0.2, -0.15) is 5.10 Å². The molecule has 1 aromatic heterocycles. The van der Waals surface area contributed by atoms with Gasteiger partial charge in [0.1, 0.15) is 29.7 Å². The number of esters is 1. The van der Waals surface area contributed by atoms with E-state index in [0.717, 1.165) is 19.2 Å². The standard InChI is InChI=1S/C20H16F2N4O3/c1-26-19(23-9-24-26)16-17(10-3-5-11(21)6-4-10)25-14-8-12(22)7-13(20(28)29-2)15(14)18(16)27/h3-9,16-17,25H,1-2H3/t16-,17+/m1/s1. The number of carbonyl (C=O) groups is 2. The minimum Gasteiger partial charge on any atom is -0.465 e. The van der Waals surface area contributed by atoms with Gasteiger partial charge in [0, 0.05) is 12.7 Å². The summed E-state index contributed by atoms with van der Waals surface area (Å²) in [5.41, 5.74) is 0.597. The molecular formula is C20H16F2N4O3. The molecule has 2 atom stereocenters. The number of ether oxygens (including phenoxy) is 1. The number of halogens is 2. The Labute approximate surface area is 164 Å². The maximum absolute atomic E-state index is 14.2. The van der Waals surface area contributed by atoms with Gasteiger partial charge >= 0.3 is 5.97 Å². The summed E-state index contributed by atoms with van der Waals surface area (Å²) in [5.74, 6) is -2.92. The molecule has 148 valence electrons. The third-order valence-corrected chi connectivity index (χ3v) is 4.94. The van der Waals surface area contributed by atoms with Gasteiger partial charge in [0.2, 0.25) is 0 Å². The Balaban J connectivity index is 1.93. The van der Waals surface area contributed by atoms with Crippen LogP contribution in [0.2, 0.25) is 0 Å². The van der Waals surface area contributed by atoms with Gasteiger partial charge in [-0.3, -0.25) is 9.48 Å². The Bertz CT molecular complexity index is 1110. The van der Waals surface area contributed by atoms with Gasteiger partial charge in [0.25, 0.3) is 0 Å². The largest absolute Gasteiger partial charge is 0.465 e. The molecule has 1 aliphatic heterocycles. The van der Waals surface area contributed by atoms with E-state index in [-0.39, 0.29) is 16.8 Å². The monoisotopic (exact) mass is 398 g/mol. The van der Waals surface area contributed by atoms with Crippen molar-refractivity contribution in [1.29, 1.82) is 0 Å². The Morgan fingerprint density at radius 1 is 1.17 bits per heavy atom. The number of aryl methyl sites for hydroxylation is 1. The van der Waals surface area contributed by atoms with E-state index < -0.39 is 35.3 Å². The fourth-order valence-corrected chi connectivity index (χ4v) is 3.61. The van der Waals surface area contributed by atoms with Crippen LogP contribution in [0.15, 0.2) is 42.7 Å². The van der Waals surface area contributed by atoms with E-state index in [4.69, 9.17) is 4.74 Å². The molecule has 0 saturated heterocycles. The fraction of sp³-hybridized carbons (Fsp3) is 0.200. The van der Waals surface area contributed by atoms with Crippen LogP contribution < -0.4 is 5.32 Å². The molecule has 7 nitrogen and oxygen atoms in total. The first kappa shape index (κ1) is 18.7. The minimum absolute atomic E-state index is 0.0182. The average molecular weight is 398 g/mol. The molecule has 0 unspecified atom stereocenters. The van der Waals surface area contributed by atoms with Crippen molar-refractivity contribution in [2.24, 2.45) is 7.05 Å². The predicted molar refractivity (Wildman–Crippen MR) is 98.6 cm³/mol. The van der Waals surface area contributed by atoms with E-state index in [9.17, 15) is 18.4 Å². The van der Waals surface area contributed by atoms with Crippen LogP contribution in [0.25, 0.3) is 0 Å². The van der Waals surface area contributed by atoms with Gasteiger partial charge in [-0.25, -0.2) is 18.6 Å². The summed E-state index contributed by atoms with van der Waals surface area (Å²) in [5, 5.41) is 7.14. The van der Waals surface area contributed by atoms with E-state index in [0.29, 0.717) is 11.4 Å². The minimum atomic E-state index is -0.880. The van der Waals surface area contributed by atoms with Crippen molar-refractivity contribution in [2.75, 3.05) is 12.4 Å². The quantitative estimate of drug-likeness (QED) is 0.683. The second-order valence-electron chi connectivity index (χ2n) is 6.62. The summed E-state index contributed by atoms with van der Waals surface area (Å²) < 4.78 is 33.8. The summed E-state index contributed by atoms with van der Waals surface area (Å²) in [6.07, 6.45) is 1.31. The van der Waals surface area contributed by atoms with Crippen LogP contribution >= 0.6 is 0 Å². The van der Waals surface area contributed by atoms with Crippen molar-refractivity contribution < 1.29 is 23.1 Å². The SMILES string of the molecule is COC(=O)c1cc(F)cc2c1C(=O)[C@H](c1ncnn1C)[C@H](c1ccc(F)cc1)N2. The molecular weight excluding hydrogens is 382 g/mol. The van der Waals surface area contributed by atoms with E-state index in [1.165, 1.54) is 35.3 Å². The molecule has 2 heterocycles. The summed E-state index contributed by atoms with van der Waals surface area (Å²) >= 11 is 0. The van der Waals surface area contributed by atoms with Gasteiger partial charge in [-0.05, 0) is 29.8 Å². The number of rotatable bonds is 3. The molecule has 0 saturated carbocycles. The zero-order valence-electron chi connectivity index (χ0n) is 15.5. The first-order valence-electron chi connectivity index (χ1n) is 8.72. The second-order valence-corrected chi connectivity index (χ2v) is 6.62. The highest BCUT2D eigenvalue weighted by molar-refractivity contribution is 6.14. The number of benzene rings is 2. The van der Waals surface area contributed by atoms with Gasteiger partial charge < -0.3 is 10.1 Å². The first-order valence-corrected chi connectivity index (χ1v) is 8.72. The van der Waals surface area contributed by atoms with E-state index in [2.05, 4.69) is 15.4 Å². The summed E-state index contributed by atoms with van der Waals surface area (Å²) in [6.45, 7) is 0. The van der Waals surface area contributed by atoms with Crippen LogP contribution in [0.1, 0.15) is 44.1 Å². The van der Waals surface area contributed by atoms with Crippen LogP contribution in [0, 0.1) is 11.6 Å². The molecule has 0 bridgehead atoms. The second kappa shape index (κ2) is 7.08. The maximum atomic E-state index is 14.2. The normalized spacial score (nSPS) is 18.1. The highest BCUT2D eigenvalue weighted by Crippen LogP contribution is 2.43. The fourth-order valence-electron chi connectivity index (χ4n) is 3.61. The van der Waals surface area contributed by atoms with E-state index >= 15 is 0 Å². The number of anilines is 1.